The van der Waals surface area contributed by atoms with Crippen LogP contribution in [0.15, 0.2) is 21.5 Å². The van der Waals surface area contributed by atoms with E-state index >= 15 is 0 Å². The Morgan fingerprint density at radius 1 is 1.60 bits per heavy atom. The van der Waals surface area contributed by atoms with Crippen molar-refractivity contribution >= 4 is 22.0 Å². The molecule has 1 rings (SSSR count). The lowest BCUT2D eigenvalue weighted by molar-refractivity contribution is 0.246. The van der Waals surface area contributed by atoms with E-state index in [0.29, 0.717) is 5.76 Å². The lowest BCUT2D eigenvalue weighted by Crippen LogP contribution is -1.73. The Morgan fingerprint density at radius 2 is 2.40 bits per heavy atom. The molecule has 2 nitrogen and oxygen atoms in total. The molecule has 0 spiro atoms. The Morgan fingerprint density at radius 3 is 2.90 bits per heavy atom. The molecular formula is C7H7BrO2. The van der Waals surface area contributed by atoms with Crippen LogP contribution in [0.25, 0.3) is 6.08 Å². The quantitative estimate of drug-likeness (QED) is 0.798. The van der Waals surface area contributed by atoms with Gasteiger partial charge < -0.3 is 9.52 Å². The summed E-state index contributed by atoms with van der Waals surface area (Å²) < 4.78 is 5.11. The average molecular weight is 203 g/mol. The molecule has 0 unspecified atom stereocenters. The van der Waals surface area contributed by atoms with Crippen molar-refractivity contribution in [2.24, 2.45) is 0 Å². The first kappa shape index (κ1) is 7.57. The normalized spacial score (nSPS) is 11.0. The van der Waals surface area contributed by atoms with Crippen LogP contribution in [0.1, 0.15) is 11.5 Å². The highest BCUT2D eigenvalue weighted by Gasteiger charge is 1.94. The molecule has 10 heavy (non-hydrogen) atoms. The first-order valence-corrected chi connectivity index (χ1v) is 3.74. The van der Waals surface area contributed by atoms with Gasteiger partial charge in [-0.15, -0.1) is 0 Å². The molecule has 1 aromatic rings. The maximum atomic E-state index is 8.59. The van der Waals surface area contributed by atoms with Crippen LogP contribution in [0.2, 0.25) is 0 Å². The highest BCUT2D eigenvalue weighted by molar-refractivity contribution is 9.11. The smallest absolute Gasteiger partial charge is 0.130 e. The standard InChI is InChI=1S/C7H7BrO2/c8-4-3-6-1-2-7(5-9)10-6/h1-4,9H,5H2/b4-3+. The van der Waals surface area contributed by atoms with Crippen molar-refractivity contribution in [3.63, 3.8) is 0 Å². The summed E-state index contributed by atoms with van der Waals surface area (Å²) in [6, 6.07) is 3.53. The summed E-state index contributed by atoms with van der Waals surface area (Å²) >= 11 is 3.11. The van der Waals surface area contributed by atoms with Crippen molar-refractivity contribution < 1.29 is 9.52 Å². The second-order valence-corrected chi connectivity index (χ2v) is 2.28. The van der Waals surface area contributed by atoms with Gasteiger partial charge in [0.05, 0.1) is 0 Å². The molecule has 1 N–H and O–H groups in total. The lowest BCUT2D eigenvalue weighted by Gasteiger charge is -1.84. The van der Waals surface area contributed by atoms with Crippen molar-refractivity contribution in [1.29, 1.82) is 0 Å². The molecule has 3 heteroatoms. The van der Waals surface area contributed by atoms with Gasteiger partial charge in [0, 0.05) is 0 Å². The summed E-state index contributed by atoms with van der Waals surface area (Å²) in [4.78, 5) is 1.70. The molecule has 0 atom stereocenters. The Labute approximate surface area is 67.3 Å². The van der Waals surface area contributed by atoms with E-state index in [-0.39, 0.29) is 6.61 Å². The Bertz CT molecular complexity index is 227. The van der Waals surface area contributed by atoms with Gasteiger partial charge >= 0.3 is 0 Å². The Balaban J connectivity index is 2.78. The zero-order valence-electron chi connectivity index (χ0n) is 5.25. The number of halogens is 1. The molecule has 0 saturated heterocycles. The van der Waals surface area contributed by atoms with Crippen LogP contribution >= 0.6 is 15.9 Å². The first-order valence-electron chi connectivity index (χ1n) is 2.83. The summed E-state index contributed by atoms with van der Waals surface area (Å²) in [6.45, 7) is -0.0455. The number of rotatable bonds is 2. The van der Waals surface area contributed by atoms with E-state index in [1.165, 1.54) is 0 Å². The van der Waals surface area contributed by atoms with Crippen LogP contribution in [0, 0.1) is 0 Å². The molecule has 54 valence electrons. The molecule has 0 saturated carbocycles. The molecule has 0 aromatic carbocycles. The van der Waals surface area contributed by atoms with Crippen LogP contribution in [-0.4, -0.2) is 5.11 Å². The van der Waals surface area contributed by atoms with E-state index in [9.17, 15) is 0 Å². The molecule has 0 fully saturated rings. The van der Waals surface area contributed by atoms with Crippen molar-refractivity contribution in [2.75, 3.05) is 0 Å². The SMILES string of the molecule is OCc1ccc(/C=C/Br)o1. The van der Waals surface area contributed by atoms with Crippen LogP contribution in [0.4, 0.5) is 0 Å². The third-order valence-electron chi connectivity index (χ3n) is 1.07. The predicted octanol–water partition coefficient (Wildman–Crippen LogP) is 2.14. The van der Waals surface area contributed by atoms with Crippen LogP contribution in [0.5, 0.6) is 0 Å². The van der Waals surface area contributed by atoms with E-state index in [4.69, 9.17) is 9.52 Å². The fourth-order valence-corrected chi connectivity index (χ4v) is 0.892. The molecule has 0 radical (unpaired) electrons. The van der Waals surface area contributed by atoms with Gasteiger partial charge in [-0.2, -0.15) is 0 Å². The van der Waals surface area contributed by atoms with Crippen molar-refractivity contribution in [1.82, 2.24) is 0 Å². The minimum Gasteiger partial charge on any atom is -0.459 e. The maximum Gasteiger partial charge on any atom is 0.130 e. The number of aliphatic hydroxyl groups excluding tert-OH is 1. The zero-order chi connectivity index (χ0) is 7.40. The topological polar surface area (TPSA) is 33.4 Å². The van der Waals surface area contributed by atoms with Gasteiger partial charge in [0.15, 0.2) is 0 Å². The fraction of sp³-hybridized carbons (Fsp3) is 0.143. The third-order valence-corrected chi connectivity index (χ3v) is 1.33. The lowest BCUT2D eigenvalue weighted by atomic mass is 10.4. The van der Waals surface area contributed by atoms with Crippen molar-refractivity contribution in [2.45, 2.75) is 6.61 Å². The van der Waals surface area contributed by atoms with E-state index < -0.39 is 0 Å². The molecule has 0 amide bonds. The summed E-state index contributed by atoms with van der Waals surface area (Å²) in [5.74, 6) is 1.32. The van der Waals surface area contributed by atoms with Crippen LogP contribution in [-0.2, 0) is 6.61 Å². The number of hydrogen-bond donors (Lipinski definition) is 1. The summed E-state index contributed by atoms with van der Waals surface area (Å²) in [5.41, 5.74) is 0. The van der Waals surface area contributed by atoms with Gasteiger partial charge in [0.25, 0.3) is 0 Å². The third kappa shape index (κ3) is 1.72. The number of aliphatic hydroxyl groups is 1. The van der Waals surface area contributed by atoms with Gasteiger partial charge in [-0.25, -0.2) is 0 Å². The van der Waals surface area contributed by atoms with Crippen LogP contribution < -0.4 is 0 Å². The Kier molecular flexibility index (Phi) is 2.71. The largest absolute Gasteiger partial charge is 0.459 e. The van der Waals surface area contributed by atoms with Crippen molar-refractivity contribution in [3.05, 3.63) is 28.6 Å². The molecular weight excluding hydrogens is 196 g/mol. The van der Waals surface area contributed by atoms with Crippen LogP contribution in [0.3, 0.4) is 0 Å². The van der Waals surface area contributed by atoms with Gasteiger partial charge in [-0.1, -0.05) is 15.9 Å². The average Bonchev–Trinajstić information content (AvgIpc) is 2.37. The van der Waals surface area contributed by atoms with Gasteiger partial charge in [-0.05, 0) is 23.2 Å². The monoisotopic (exact) mass is 202 g/mol. The minimum absolute atomic E-state index is 0.0455. The molecule has 0 aliphatic heterocycles. The summed E-state index contributed by atoms with van der Waals surface area (Å²) in [6.07, 6.45) is 1.76. The van der Waals surface area contributed by atoms with E-state index in [1.807, 2.05) is 0 Å². The predicted molar refractivity (Wildman–Crippen MR) is 42.6 cm³/mol. The zero-order valence-corrected chi connectivity index (χ0v) is 6.84. The summed E-state index contributed by atoms with van der Waals surface area (Å²) in [5, 5.41) is 8.59. The number of hydrogen-bond acceptors (Lipinski definition) is 2. The van der Waals surface area contributed by atoms with E-state index in [1.54, 1.807) is 23.2 Å². The van der Waals surface area contributed by atoms with Gasteiger partial charge in [-0.3, -0.25) is 0 Å². The first-order chi connectivity index (χ1) is 4.86. The second-order valence-electron chi connectivity index (χ2n) is 1.75. The van der Waals surface area contributed by atoms with E-state index in [0.717, 1.165) is 5.76 Å². The number of furan rings is 1. The van der Waals surface area contributed by atoms with Gasteiger partial charge in [0.1, 0.15) is 18.1 Å². The summed E-state index contributed by atoms with van der Waals surface area (Å²) in [7, 11) is 0. The highest BCUT2D eigenvalue weighted by atomic mass is 79.9. The second kappa shape index (κ2) is 3.58. The molecule has 1 heterocycles. The Hall–Kier alpha value is -0.540. The molecule has 0 aliphatic rings. The fourth-order valence-electron chi connectivity index (χ4n) is 0.631. The van der Waals surface area contributed by atoms with E-state index in [2.05, 4.69) is 15.9 Å². The van der Waals surface area contributed by atoms with Gasteiger partial charge in [0.2, 0.25) is 0 Å². The molecule has 1 aromatic heterocycles. The van der Waals surface area contributed by atoms with Crippen molar-refractivity contribution in [3.8, 4) is 0 Å². The maximum absolute atomic E-state index is 8.59. The molecule has 0 aliphatic carbocycles. The minimum atomic E-state index is -0.0455. The molecule has 0 bridgehead atoms. The highest BCUT2D eigenvalue weighted by Crippen LogP contribution is 2.09.